The number of amides is 1. The van der Waals surface area contributed by atoms with Gasteiger partial charge in [-0.3, -0.25) is 4.79 Å². The first-order chi connectivity index (χ1) is 8.65. The Morgan fingerprint density at radius 1 is 1.17 bits per heavy atom. The fraction of sp³-hybridized carbons (Fsp3) is 0.500. The Bertz CT molecular complexity index is 481. The molecule has 2 aliphatic carbocycles. The normalized spacial score (nSPS) is 18.8. The van der Waals surface area contributed by atoms with E-state index in [1.54, 1.807) is 6.07 Å². The van der Waals surface area contributed by atoms with Gasteiger partial charge >= 0.3 is 0 Å². The molecule has 0 bridgehead atoms. The molecule has 4 heteroatoms. The third kappa shape index (κ3) is 2.65. The lowest BCUT2D eigenvalue weighted by molar-refractivity contribution is -0.133. The van der Waals surface area contributed by atoms with E-state index in [4.69, 9.17) is 23.2 Å². The molecule has 1 aromatic rings. The molecule has 0 heterocycles. The van der Waals surface area contributed by atoms with Crippen LogP contribution >= 0.6 is 23.2 Å². The summed E-state index contributed by atoms with van der Waals surface area (Å²) in [6, 6.07) is 6.06. The quantitative estimate of drug-likeness (QED) is 0.821. The first kappa shape index (κ1) is 12.3. The van der Waals surface area contributed by atoms with Crippen molar-refractivity contribution in [3.63, 3.8) is 0 Å². The topological polar surface area (TPSA) is 20.3 Å². The fourth-order valence-corrected chi connectivity index (χ4v) is 2.49. The zero-order chi connectivity index (χ0) is 12.7. The van der Waals surface area contributed by atoms with E-state index in [-0.39, 0.29) is 5.92 Å². The number of hydrogen-bond acceptors (Lipinski definition) is 1. The van der Waals surface area contributed by atoms with Crippen molar-refractivity contribution in [1.82, 2.24) is 4.90 Å². The van der Waals surface area contributed by atoms with Crippen molar-refractivity contribution in [3.05, 3.63) is 33.8 Å². The first-order valence-electron chi connectivity index (χ1n) is 6.39. The molecule has 2 fully saturated rings. The maximum absolute atomic E-state index is 12.2. The Kier molecular flexibility index (Phi) is 3.25. The summed E-state index contributed by atoms with van der Waals surface area (Å²) in [7, 11) is 0. The van der Waals surface area contributed by atoms with Crippen molar-refractivity contribution < 1.29 is 4.79 Å². The smallest absolute Gasteiger partial charge is 0.226 e. The number of halogens is 2. The minimum Gasteiger partial charge on any atom is -0.335 e. The van der Waals surface area contributed by atoms with E-state index in [0.29, 0.717) is 28.5 Å². The van der Waals surface area contributed by atoms with Crippen LogP contribution < -0.4 is 0 Å². The molecule has 0 saturated heterocycles. The summed E-state index contributed by atoms with van der Waals surface area (Å²) >= 11 is 11.9. The van der Waals surface area contributed by atoms with Gasteiger partial charge in [0.2, 0.25) is 5.91 Å². The average Bonchev–Trinajstić information content (AvgIpc) is 3.20. The van der Waals surface area contributed by atoms with Gasteiger partial charge in [-0.2, -0.15) is 0 Å². The minimum atomic E-state index is 0.286. The molecule has 96 valence electrons. The van der Waals surface area contributed by atoms with Gasteiger partial charge < -0.3 is 4.90 Å². The van der Waals surface area contributed by atoms with E-state index in [0.717, 1.165) is 31.2 Å². The molecule has 2 saturated carbocycles. The highest BCUT2D eigenvalue weighted by Gasteiger charge is 2.39. The summed E-state index contributed by atoms with van der Waals surface area (Å²) in [5.74, 6) is 0.608. The third-order valence-electron chi connectivity index (χ3n) is 3.53. The third-order valence-corrected chi connectivity index (χ3v) is 4.27. The molecule has 0 unspecified atom stereocenters. The van der Waals surface area contributed by atoms with Crippen molar-refractivity contribution in [2.24, 2.45) is 5.92 Å². The van der Waals surface area contributed by atoms with Crippen LogP contribution in [0, 0.1) is 5.92 Å². The number of rotatable bonds is 4. The van der Waals surface area contributed by atoms with Gasteiger partial charge in [-0.05, 0) is 43.4 Å². The number of carbonyl (C=O) groups is 1. The molecule has 2 aliphatic rings. The SMILES string of the molecule is O=C(C1CC1)N(Cc1ccc(Cl)c(Cl)c1)C1CC1. The van der Waals surface area contributed by atoms with Crippen LogP contribution in [0.4, 0.5) is 0 Å². The summed E-state index contributed by atoms with van der Waals surface area (Å²) in [4.78, 5) is 14.2. The number of nitrogens with zero attached hydrogens (tertiary/aromatic N) is 1. The molecular weight excluding hydrogens is 269 g/mol. The number of hydrogen-bond donors (Lipinski definition) is 0. The highest BCUT2D eigenvalue weighted by Crippen LogP contribution is 2.37. The van der Waals surface area contributed by atoms with Gasteiger partial charge in [0, 0.05) is 18.5 Å². The lowest BCUT2D eigenvalue weighted by Gasteiger charge is -2.22. The molecule has 18 heavy (non-hydrogen) atoms. The van der Waals surface area contributed by atoms with Crippen molar-refractivity contribution >= 4 is 29.1 Å². The van der Waals surface area contributed by atoms with E-state index in [1.165, 1.54) is 0 Å². The number of benzene rings is 1. The summed E-state index contributed by atoms with van der Waals surface area (Å²) in [5, 5.41) is 1.12. The van der Waals surface area contributed by atoms with Crippen LogP contribution in [0.1, 0.15) is 31.2 Å². The highest BCUT2D eigenvalue weighted by atomic mass is 35.5. The second kappa shape index (κ2) is 4.75. The molecule has 0 spiro atoms. The van der Waals surface area contributed by atoms with Crippen LogP contribution in [0.2, 0.25) is 10.0 Å². The van der Waals surface area contributed by atoms with Crippen LogP contribution in [0.5, 0.6) is 0 Å². The molecule has 0 atom stereocenters. The monoisotopic (exact) mass is 283 g/mol. The minimum absolute atomic E-state index is 0.286. The predicted molar refractivity (Wildman–Crippen MR) is 72.8 cm³/mol. The second-order valence-corrected chi connectivity index (χ2v) is 6.03. The first-order valence-corrected chi connectivity index (χ1v) is 7.15. The Morgan fingerprint density at radius 3 is 2.44 bits per heavy atom. The molecule has 0 aromatic heterocycles. The average molecular weight is 284 g/mol. The molecule has 0 aliphatic heterocycles. The van der Waals surface area contributed by atoms with Crippen molar-refractivity contribution in [3.8, 4) is 0 Å². The van der Waals surface area contributed by atoms with E-state index >= 15 is 0 Å². The van der Waals surface area contributed by atoms with Gasteiger partial charge in [-0.25, -0.2) is 0 Å². The van der Waals surface area contributed by atoms with Gasteiger partial charge in [0.25, 0.3) is 0 Å². The zero-order valence-electron chi connectivity index (χ0n) is 10.0. The van der Waals surface area contributed by atoms with Gasteiger partial charge in [-0.15, -0.1) is 0 Å². The second-order valence-electron chi connectivity index (χ2n) is 5.22. The Balaban J connectivity index is 1.75. The van der Waals surface area contributed by atoms with Gasteiger partial charge in [0.05, 0.1) is 10.0 Å². The standard InChI is InChI=1S/C14H15Cl2NO/c15-12-6-1-9(7-13(12)16)8-17(11-4-5-11)14(18)10-2-3-10/h1,6-7,10-11H,2-5,8H2. The predicted octanol–water partition coefficient (Wildman–Crippen LogP) is 3.89. The molecule has 1 amide bonds. The van der Waals surface area contributed by atoms with Gasteiger partial charge in [-0.1, -0.05) is 29.3 Å². The van der Waals surface area contributed by atoms with E-state index < -0.39 is 0 Å². The summed E-state index contributed by atoms with van der Waals surface area (Å²) < 4.78 is 0. The highest BCUT2D eigenvalue weighted by molar-refractivity contribution is 6.42. The molecule has 2 nitrogen and oxygen atoms in total. The summed E-state index contributed by atoms with van der Waals surface area (Å²) in [6.45, 7) is 0.664. The van der Waals surface area contributed by atoms with Crippen molar-refractivity contribution in [2.45, 2.75) is 38.3 Å². The molecule has 0 N–H and O–H groups in total. The van der Waals surface area contributed by atoms with Crippen molar-refractivity contribution in [2.75, 3.05) is 0 Å². The zero-order valence-corrected chi connectivity index (χ0v) is 11.5. The van der Waals surface area contributed by atoms with E-state index in [2.05, 4.69) is 0 Å². The van der Waals surface area contributed by atoms with Gasteiger partial charge in [0.1, 0.15) is 0 Å². The largest absolute Gasteiger partial charge is 0.335 e. The molecule has 3 rings (SSSR count). The van der Waals surface area contributed by atoms with E-state index in [9.17, 15) is 4.79 Å². The van der Waals surface area contributed by atoms with Crippen LogP contribution in [-0.4, -0.2) is 16.8 Å². The van der Waals surface area contributed by atoms with Crippen LogP contribution in [0.3, 0.4) is 0 Å². The maximum Gasteiger partial charge on any atom is 0.226 e. The van der Waals surface area contributed by atoms with Crippen molar-refractivity contribution in [1.29, 1.82) is 0 Å². The molecule has 0 radical (unpaired) electrons. The van der Waals surface area contributed by atoms with Gasteiger partial charge in [0.15, 0.2) is 0 Å². The Hall–Kier alpha value is -0.730. The fourth-order valence-electron chi connectivity index (χ4n) is 2.17. The van der Waals surface area contributed by atoms with Crippen LogP contribution in [0.15, 0.2) is 18.2 Å². The summed E-state index contributed by atoms with van der Waals surface area (Å²) in [5.41, 5.74) is 1.06. The summed E-state index contributed by atoms with van der Waals surface area (Å²) in [6.07, 6.45) is 4.40. The lowest BCUT2D eigenvalue weighted by Crippen LogP contribution is -2.33. The number of carbonyl (C=O) groups excluding carboxylic acids is 1. The van der Waals surface area contributed by atoms with Crippen LogP contribution in [-0.2, 0) is 11.3 Å². The lowest BCUT2D eigenvalue weighted by atomic mass is 10.2. The maximum atomic E-state index is 12.2. The molecular formula is C14H15Cl2NO. The Morgan fingerprint density at radius 2 is 1.89 bits per heavy atom. The van der Waals surface area contributed by atoms with Crippen LogP contribution in [0.25, 0.3) is 0 Å². The van der Waals surface area contributed by atoms with E-state index in [1.807, 2.05) is 17.0 Å². The Labute approximate surface area is 117 Å². The molecule has 1 aromatic carbocycles.